The third kappa shape index (κ3) is 2.17. The van der Waals surface area contributed by atoms with Gasteiger partial charge in [-0.1, -0.05) is 12.1 Å². The lowest BCUT2D eigenvalue weighted by Crippen LogP contribution is -2.49. The number of methoxy groups -OCH3 is 1. The number of aromatic nitrogens is 2. The average Bonchev–Trinajstić information content (AvgIpc) is 2.96. The number of aromatic hydroxyl groups is 2. The molecule has 0 amide bonds. The molecule has 0 atom stereocenters. The lowest BCUT2D eigenvalue weighted by molar-refractivity contribution is -0.0868. The fourth-order valence-corrected chi connectivity index (χ4v) is 3.49. The summed E-state index contributed by atoms with van der Waals surface area (Å²) in [5.41, 5.74) is 3.11. The Bertz CT molecular complexity index is 973. The minimum absolute atomic E-state index is 0.210. The van der Waals surface area contributed by atoms with E-state index in [1.54, 1.807) is 0 Å². The largest absolute Gasteiger partial charge is 0.504 e. The van der Waals surface area contributed by atoms with Crippen LogP contribution in [0.15, 0.2) is 30.3 Å². The number of imidazole rings is 1. The second kappa shape index (κ2) is 5.39. The van der Waals surface area contributed by atoms with Crippen LogP contribution in [-0.2, 0) is 10.3 Å². The summed E-state index contributed by atoms with van der Waals surface area (Å²) in [5.74, 6) is 0.484. The lowest BCUT2D eigenvalue weighted by Gasteiger charge is -2.41. The van der Waals surface area contributed by atoms with E-state index < -0.39 is 0 Å². The number of fused-ring (bicyclic) bond motifs is 1. The van der Waals surface area contributed by atoms with Crippen molar-refractivity contribution in [2.24, 2.45) is 0 Å². The topological polar surface area (TPSA) is 76.7 Å². The van der Waals surface area contributed by atoms with Crippen LogP contribution >= 0.6 is 0 Å². The predicted molar refractivity (Wildman–Crippen MR) is 94.3 cm³/mol. The highest BCUT2D eigenvalue weighted by Crippen LogP contribution is 2.45. The van der Waals surface area contributed by atoms with Crippen molar-refractivity contribution in [1.82, 2.24) is 9.55 Å². The molecule has 1 fully saturated rings. The molecular weight excluding hydrogens is 320 g/mol. The first-order valence-corrected chi connectivity index (χ1v) is 8.12. The minimum Gasteiger partial charge on any atom is -0.504 e. The van der Waals surface area contributed by atoms with Crippen LogP contribution < -0.4 is 4.74 Å². The summed E-state index contributed by atoms with van der Waals surface area (Å²) in [6, 6.07) is 9.46. The smallest absolute Gasteiger partial charge is 0.200 e. The number of hydrogen-bond acceptors (Lipinski definition) is 5. The molecule has 6 heteroatoms. The highest BCUT2D eigenvalue weighted by atomic mass is 16.5. The van der Waals surface area contributed by atoms with Crippen LogP contribution in [0.25, 0.3) is 22.4 Å². The van der Waals surface area contributed by atoms with Gasteiger partial charge in [-0.15, -0.1) is 0 Å². The first kappa shape index (κ1) is 15.8. The van der Waals surface area contributed by atoms with Crippen molar-refractivity contribution in [1.29, 1.82) is 0 Å². The quantitative estimate of drug-likeness (QED) is 0.716. The normalized spacial score (nSPS) is 16.0. The van der Waals surface area contributed by atoms with Gasteiger partial charge >= 0.3 is 0 Å². The molecule has 2 aromatic carbocycles. The van der Waals surface area contributed by atoms with Gasteiger partial charge in [-0.3, -0.25) is 0 Å². The summed E-state index contributed by atoms with van der Waals surface area (Å²) >= 11 is 0. The Morgan fingerprint density at radius 1 is 1.24 bits per heavy atom. The van der Waals surface area contributed by atoms with Crippen molar-refractivity contribution < 1.29 is 19.7 Å². The van der Waals surface area contributed by atoms with Crippen molar-refractivity contribution in [3.05, 3.63) is 35.9 Å². The average molecular weight is 340 g/mol. The lowest BCUT2D eigenvalue weighted by atomic mass is 9.98. The SMILES string of the molecule is COc1c(C)c(-c2nc3ccccc3n2C2(C)COC2)cc(O)c1O. The first-order valence-electron chi connectivity index (χ1n) is 8.12. The molecule has 0 unspecified atom stereocenters. The van der Waals surface area contributed by atoms with Crippen molar-refractivity contribution in [3.8, 4) is 28.6 Å². The number of phenols is 2. The second-order valence-corrected chi connectivity index (χ2v) is 6.70. The van der Waals surface area contributed by atoms with E-state index in [9.17, 15) is 10.2 Å². The molecule has 2 N–H and O–H groups in total. The summed E-state index contributed by atoms with van der Waals surface area (Å²) in [5, 5.41) is 20.2. The number of nitrogens with zero attached hydrogens (tertiary/aromatic N) is 2. The highest BCUT2D eigenvalue weighted by molar-refractivity contribution is 5.83. The minimum atomic E-state index is -0.260. The predicted octanol–water partition coefficient (Wildman–Crippen LogP) is 3.18. The van der Waals surface area contributed by atoms with Crippen molar-refractivity contribution >= 4 is 11.0 Å². The third-order valence-corrected chi connectivity index (χ3v) is 4.86. The zero-order valence-corrected chi connectivity index (χ0v) is 14.4. The van der Waals surface area contributed by atoms with Gasteiger partial charge in [0.2, 0.25) is 5.75 Å². The molecule has 0 spiro atoms. The van der Waals surface area contributed by atoms with Gasteiger partial charge in [0, 0.05) is 11.1 Å². The van der Waals surface area contributed by atoms with Crippen molar-refractivity contribution in [2.45, 2.75) is 19.4 Å². The van der Waals surface area contributed by atoms with Crippen LogP contribution in [0.3, 0.4) is 0 Å². The van der Waals surface area contributed by atoms with Crippen molar-refractivity contribution in [2.75, 3.05) is 20.3 Å². The summed E-state index contributed by atoms with van der Waals surface area (Å²) in [6.07, 6.45) is 0. The molecule has 130 valence electrons. The van der Waals surface area contributed by atoms with Gasteiger partial charge in [0.1, 0.15) is 5.82 Å². The van der Waals surface area contributed by atoms with E-state index in [0.29, 0.717) is 13.2 Å². The molecule has 1 saturated heterocycles. The Hall–Kier alpha value is -2.73. The fraction of sp³-hybridized carbons (Fsp3) is 0.316. The summed E-state index contributed by atoms with van der Waals surface area (Å²) in [7, 11) is 1.47. The number of hydrogen-bond donors (Lipinski definition) is 2. The first-order chi connectivity index (χ1) is 12.0. The summed E-state index contributed by atoms with van der Waals surface area (Å²) < 4.78 is 12.9. The van der Waals surface area contributed by atoms with Gasteiger partial charge in [-0.05, 0) is 32.0 Å². The maximum absolute atomic E-state index is 10.1. The number of rotatable bonds is 3. The molecule has 6 nitrogen and oxygen atoms in total. The second-order valence-electron chi connectivity index (χ2n) is 6.70. The number of para-hydroxylation sites is 2. The summed E-state index contributed by atoms with van der Waals surface area (Å²) in [6.45, 7) is 5.17. The fourth-order valence-electron chi connectivity index (χ4n) is 3.49. The maximum Gasteiger partial charge on any atom is 0.200 e. The standard InChI is InChI=1S/C19H20N2O4/c1-11-12(8-15(22)16(23)17(11)24-3)18-20-13-6-4-5-7-14(13)21(18)19(2)9-25-10-19/h4-8,22-23H,9-10H2,1-3H3. The van der Waals surface area contributed by atoms with Gasteiger partial charge < -0.3 is 24.3 Å². The molecule has 0 radical (unpaired) electrons. The van der Waals surface area contributed by atoms with Crippen LogP contribution in [0.2, 0.25) is 0 Å². The van der Waals surface area contributed by atoms with Crippen LogP contribution in [-0.4, -0.2) is 40.1 Å². The molecule has 1 aliphatic heterocycles. The summed E-state index contributed by atoms with van der Waals surface area (Å²) in [4.78, 5) is 4.80. The van der Waals surface area contributed by atoms with Gasteiger partial charge in [-0.25, -0.2) is 4.98 Å². The molecule has 2 heterocycles. The molecule has 3 aromatic rings. The number of benzene rings is 2. The Morgan fingerprint density at radius 2 is 1.96 bits per heavy atom. The molecule has 1 aromatic heterocycles. The zero-order chi connectivity index (χ0) is 17.8. The molecule has 0 bridgehead atoms. The Labute approximate surface area is 145 Å². The maximum atomic E-state index is 10.1. The Kier molecular flexibility index (Phi) is 3.40. The van der Waals surface area contributed by atoms with Crippen LogP contribution in [0, 0.1) is 6.92 Å². The van der Waals surface area contributed by atoms with Gasteiger partial charge in [0.05, 0.1) is 36.9 Å². The van der Waals surface area contributed by atoms with Gasteiger partial charge in [0.15, 0.2) is 11.5 Å². The highest BCUT2D eigenvalue weighted by Gasteiger charge is 2.39. The number of phenolic OH excluding ortho intramolecular Hbond substituents is 2. The van der Waals surface area contributed by atoms with E-state index in [2.05, 4.69) is 11.5 Å². The third-order valence-electron chi connectivity index (χ3n) is 4.86. The van der Waals surface area contributed by atoms with E-state index in [4.69, 9.17) is 14.5 Å². The van der Waals surface area contributed by atoms with E-state index in [-0.39, 0.29) is 22.8 Å². The molecule has 1 aliphatic rings. The Morgan fingerprint density at radius 3 is 2.60 bits per heavy atom. The van der Waals surface area contributed by atoms with Crippen LogP contribution in [0.5, 0.6) is 17.2 Å². The monoisotopic (exact) mass is 340 g/mol. The zero-order valence-electron chi connectivity index (χ0n) is 14.4. The molecular formula is C19H20N2O4. The van der Waals surface area contributed by atoms with E-state index in [0.717, 1.165) is 28.0 Å². The van der Waals surface area contributed by atoms with E-state index in [1.807, 2.05) is 31.2 Å². The Balaban J connectivity index is 2.06. The van der Waals surface area contributed by atoms with Crippen molar-refractivity contribution in [3.63, 3.8) is 0 Å². The van der Waals surface area contributed by atoms with Crippen LogP contribution in [0.1, 0.15) is 12.5 Å². The van der Waals surface area contributed by atoms with Gasteiger partial charge in [-0.2, -0.15) is 0 Å². The molecule has 25 heavy (non-hydrogen) atoms. The van der Waals surface area contributed by atoms with E-state index >= 15 is 0 Å². The van der Waals surface area contributed by atoms with Gasteiger partial charge in [0.25, 0.3) is 0 Å². The van der Waals surface area contributed by atoms with Crippen LogP contribution in [0.4, 0.5) is 0 Å². The molecule has 4 rings (SSSR count). The van der Waals surface area contributed by atoms with E-state index in [1.165, 1.54) is 13.2 Å². The number of ether oxygens (including phenoxy) is 2. The molecule has 0 aliphatic carbocycles. The molecule has 0 saturated carbocycles.